The average molecular weight is 293 g/mol. The Labute approximate surface area is 119 Å². The molecule has 20 heavy (non-hydrogen) atoms. The quantitative estimate of drug-likeness (QED) is 0.834. The first kappa shape index (κ1) is 14.8. The molecule has 0 atom stereocenters. The largest absolute Gasteiger partial charge is 0.399 e. The maximum absolute atomic E-state index is 12.5. The molecular weight excluding hydrogens is 274 g/mol. The molecule has 0 aliphatic heterocycles. The average Bonchev–Trinajstić information content (AvgIpc) is 2.37. The molecule has 1 saturated carbocycles. The van der Waals surface area contributed by atoms with Gasteiger partial charge in [0.15, 0.2) is 0 Å². The molecule has 0 radical (unpaired) electrons. The van der Waals surface area contributed by atoms with Crippen molar-refractivity contribution in [1.29, 1.82) is 5.26 Å². The van der Waals surface area contributed by atoms with Crippen LogP contribution in [-0.2, 0) is 10.0 Å². The highest BCUT2D eigenvalue weighted by Crippen LogP contribution is 2.30. The highest BCUT2D eigenvalue weighted by molar-refractivity contribution is 7.89. The summed E-state index contributed by atoms with van der Waals surface area (Å²) in [4.78, 5) is 0.000925. The zero-order valence-electron chi connectivity index (χ0n) is 11.5. The minimum absolute atomic E-state index is 0.000925. The molecule has 2 rings (SSSR count). The number of sulfonamides is 1. The smallest absolute Gasteiger partial charge is 0.242 e. The summed E-state index contributed by atoms with van der Waals surface area (Å²) in [5.41, 5.74) is 5.62. The monoisotopic (exact) mass is 293 g/mol. The van der Waals surface area contributed by atoms with Crippen LogP contribution in [0.2, 0.25) is 0 Å². The van der Waals surface area contributed by atoms with Gasteiger partial charge in [0.1, 0.15) is 6.07 Å². The van der Waals surface area contributed by atoms with Crippen LogP contribution in [0.3, 0.4) is 0 Å². The number of benzene rings is 1. The Kier molecular flexibility index (Phi) is 4.02. The fraction of sp³-hybridized carbons (Fsp3) is 0.500. The Hall–Kier alpha value is -1.58. The van der Waals surface area contributed by atoms with Gasteiger partial charge in [-0.15, -0.1) is 0 Å². The van der Waals surface area contributed by atoms with Crippen LogP contribution in [0.1, 0.15) is 44.6 Å². The third kappa shape index (κ3) is 3.11. The fourth-order valence-electron chi connectivity index (χ4n) is 2.68. The zero-order valence-corrected chi connectivity index (χ0v) is 12.3. The molecule has 1 aromatic carbocycles. The van der Waals surface area contributed by atoms with E-state index in [0.717, 1.165) is 32.1 Å². The van der Waals surface area contributed by atoms with E-state index in [4.69, 9.17) is 11.0 Å². The molecule has 1 aliphatic rings. The van der Waals surface area contributed by atoms with Crippen LogP contribution >= 0.6 is 0 Å². The van der Waals surface area contributed by atoms with E-state index in [1.807, 2.05) is 13.0 Å². The number of hydrogen-bond donors (Lipinski definition) is 2. The summed E-state index contributed by atoms with van der Waals surface area (Å²) in [5.74, 6) is 0. The molecular formula is C14H19N3O2S. The van der Waals surface area contributed by atoms with Crippen molar-refractivity contribution in [3.8, 4) is 6.07 Å². The molecule has 0 heterocycles. The highest BCUT2D eigenvalue weighted by atomic mass is 32.2. The fourth-order valence-corrected chi connectivity index (χ4v) is 4.29. The molecule has 0 bridgehead atoms. The zero-order chi connectivity index (χ0) is 14.8. The van der Waals surface area contributed by atoms with E-state index in [0.29, 0.717) is 5.69 Å². The molecule has 3 N–H and O–H groups in total. The van der Waals surface area contributed by atoms with Gasteiger partial charge >= 0.3 is 0 Å². The van der Waals surface area contributed by atoms with Crippen molar-refractivity contribution < 1.29 is 8.42 Å². The van der Waals surface area contributed by atoms with Crippen LogP contribution in [0.5, 0.6) is 0 Å². The Morgan fingerprint density at radius 1 is 1.30 bits per heavy atom. The second kappa shape index (κ2) is 5.43. The summed E-state index contributed by atoms with van der Waals surface area (Å²) in [6, 6.07) is 6.17. The van der Waals surface area contributed by atoms with Gasteiger partial charge in [-0.05, 0) is 38.0 Å². The number of nitriles is 1. The lowest BCUT2D eigenvalue weighted by Gasteiger charge is -2.34. The molecule has 0 spiro atoms. The van der Waals surface area contributed by atoms with Gasteiger partial charge in [0, 0.05) is 11.2 Å². The highest BCUT2D eigenvalue weighted by Gasteiger charge is 2.33. The molecule has 0 amide bonds. The van der Waals surface area contributed by atoms with Crippen molar-refractivity contribution in [1.82, 2.24) is 4.72 Å². The number of anilines is 1. The number of nitrogens with one attached hydrogen (secondary N) is 1. The van der Waals surface area contributed by atoms with Gasteiger partial charge < -0.3 is 5.73 Å². The Morgan fingerprint density at radius 3 is 2.55 bits per heavy atom. The van der Waals surface area contributed by atoms with Crippen molar-refractivity contribution in [3.63, 3.8) is 0 Å². The van der Waals surface area contributed by atoms with Crippen molar-refractivity contribution in [2.24, 2.45) is 0 Å². The van der Waals surface area contributed by atoms with Crippen LogP contribution < -0.4 is 10.5 Å². The molecule has 1 aromatic rings. The van der Waals surface area contributed by atoms with Gasteiger partial charge in [0.05, 0.1) is 10.5 Å². The normalized spacial score (nSPS) is 18.4. The lowest BCUT2D eigenvalue weighted by molar-refractivity contribution is 0.294. The maximum atomic E-state index is 12.5. The van der Waals surface area contributed by atoms with E-state index in [9.17, 15) is 8.42 Å². The lowest BCUT2D eigenvalue weighted by atomic mass is 9.84. The number of nitrogens with two attached hydrogens (primary N) is 1. The van der Waals surface area contributed by atoms with Gasteiger partial charge in [-0.25, -0.2) is 13.1 Å². The Balaban J connectivity index is 2.34. The summed E-state index contributed by atoms with van der Waals surface area (Å²) >= 11 is 0. The number of hydrogen-bond acceptors (Lipinski definition) is 4. The third-order valence-electron chi connectivity index (χ3n) is 3.75. The first-order valence-electron chi connectivity index (χ1n) is 6.70. The lowest BCUT2D eigenvalue weighted by Crippen LogP contribution is -2.47. The second-order valence-electron chi connectivity index (χ2n) is 5.59. The molecule has 5 nitrogen and oxygen atoms in total. The van der Waals surface area contributed by atoms with Gasteiger partial charge in [-0.1, -0.05) is 19.3 Å². The Morgan fingerprint density at radius 2 is 1.95 bits per heavy atom. The summed E-state index contributed by atoms with van der Waals surface area (Å²) in [6.07, 6.45) is 4.83. The molecule has 108 valence electrons. The van der Waals surface area contributed by atoms with Gasteiger partial charge in [-0.3, -0.25) is 0 Å². The second-order valence-corrected chi connectivity index (χ2v) is 7.25. The van der Waals surface area contributed by atoms with E-state index in [-0.39, 0.29) is 10.5 Å². The standard InChI is InChI=1S/C14H19N3O2S/c1-14(7-3-2-4-8-14)17-20(18,19)13-6-5-12(16)9-11(13)10-15/h5-6,9,17H,2-4,7-8,16H2,1H3. The summed E-state index contributed by atoms with van der Waals surface area (Å²) in [5, 5.41) is 9.08. The van der Waals surface area contributed by atoms with Gasteiger partial charge in [0.2, 0.25) is 10.0 Å². The molecule has 0 saturated heterocycles. The first-order chi connectivity index (χ1) is 9.36. The molecule has 6 heteroatoms. The summed E-state index contributed by atoms with van der Waals surface area (Å²) in [7, 11) is -3.71. The number of nitrogens with zero attached hydrogens (tertiary/aromatic N) is 1. The van der Waals surface area contributed by atoms with Crippen LogP contribution in [0.15, 0.2) is 23.1 Å². The molecule has 1 aliphatic carbocycles. The predicted octanol–water partition coefficient (Wildman–Crippen LogP) is 2.14. The summed E-state index contributed by atoms with van der Waals surface area (Å²) < 4.78 is 27.7. The van der Waals surface area contributed by atoms with Crippen LogP contribution in [0, 0.1) is 11.3 Å². The van der Waals surface area contributed by atoms with Crippen LogP contribution in [0.25, 0.3) is 0 Å². The topological polar surface area (TPSA) is 96.0 Å². The van der Waals surface area contributed by atoms with Gasteiger partial charge in [-0.2, -0.15) is 5.26 Å². The maximum Gasteiger partial charge on any atom is 0.242 e. The van der Waals surface area contributed by atoms with E-state index < -0.39 is 15.6 Å². The predicted molar refractivity (Wildman–Crippen MR) is 77.4 cm³/mol. The number of rotatable bonds is 3. The molecule has 0 unspecified atom stereocenters. The Bertz CT molecular complexity index is 641. The van der Waals surface area contributed by atoms with Crippen molar-refractivity contribution >= 4 is 15.7 Å². The third-order valence-corrected chi connectivity index (χ3v) is 5.45. The summed E-state index contributed by atoms with van der Waals surface area (Å²) in [6.45, 7) is 1.92. The SMILES string of the molecule is CC1(NS(=O)(=O)c2ccc(N)cc2C#N)CCCCC1. The van der Waals surface area contributed by atoms with Crippen LogP contribution in [0.4, 0.5) is 5.69 Å². The van der Waals surface area contributed by atoms with E-state index in [1.54, 1.807) is 0 Å². The van der Waals surface area contributed by atoms with Gasteiger partial charge in [0.25, 0.3) is 0 Å². The first-order valence-corrected chi connectivity index (χ1v) is 8.18. The molecule has 0 aromatic heterocycles. The van der Waals surface area contributed by atoms with Crippen molar-refractivity contribution in [2.45, 2.75) is 49.5 Å². The van der Waals surface area contributed by atoms with Crippen molar-refractivity contribution in [2.75, 3.05) is 5.73 Å². The van der Waals surface area contributed by atoms with Crippen molar-refractivity contribution in [3.05, 3.63) is 23.8 Å². The minimum atomic E-state index is -3.71. The van der Waals surface area contributed by atoms with E-state index in [2.05, 4.69) is 4.72 Å². The number of nitrogen functional groups attached to an aromatic ring is 1. The van der Waals surface area contributed by atoms with E-state index in [1.165, 1.54) is 18.2 Å². The molecule has 1 fully saturated rings. The van der Waals surface area contributed by atoms with Crippen LogP contribution in [-0.4, -0.2) is 14.0 Å². The van der Waals surface area contributed by atoms with E-state index >= 15 is 0 Å². The minimum Gasteiger partial charge on any atom is -0.399 e.